The first kappa shape index (κ1) is 19.5. The molecule has 7 heteroatoms. The van der Waals surface area contributed by atoms with Crippen LogP contribution in [0, 0.1) is 13.8 Å². The Bertz CT molecular complexity index is 915. The van der Waals surface area contributed by atoms with E-state index in [0.717, 1.165) is 36.9 Å². The summed E-state index contributed by atoms with van der Waals surface area (Å²) in [5.74, 6) is 0.448. The molecule has 6 nitrogen and oxygen atoms in total. The van der Waals surface area contributed by atoms with Crippen molar-refractivity contribution < 1.29 is 17.7 Å². The first-order valence-corrected chi connectivity index (χ1v) is 10.6. The summed E-state index contributed by atoms with van der Waals surface area (Å²) in [6.45, 7) is 4.71. The quantitative estimate of drug-likeness (QED) is 0.576. The van der Waals surface area contributed by atoms with E-state index in [4.69, 9.17) is 4.52 Å². The largest absolute Gasteiger partial charge is 0.361 e. The summed E-state index contributed by atoms with van der Waals surface area (Å²) in [4.78, 5) is 12.6. The van der Waals surface area contributed by atoms with Crippen LogP contribution in [0.5, 0.6) is 0 Å². The van der Waals surface area contributed by atoms with Gasteiger partial charge in [-0.15, -0.1) is 0 Å². The van der Waals surface area contributed by atoms with Gasteiger partial charge < -0.3 is 4.52 Å². The first-order valence-electron chi connectivity index (χ1n) is 9.15. The Morgan fingerprint density at radius 1 is 1.07 bits per heavy atom. The lowest BCUT2D eigenvalue weighted by atomic mass is 10.1. The van der Waals surface area contributed by atoms with Crippen LogP contribution in [-0.2, 0) is 10.0 Å². The van der Waals surface area contributed by atoms with E-state index in [1.807, 2.05) is 6.92 Å². The van der Waals surface area contributed by atoms with Crippen LogP contribution in [0.4, 0.5) is 0 Å². The smallest absolute Gasteiger partial charge is 0.243 e. The number of hydrogen-bond acceptors (Lipinski definition) is 5. The molecule has 0 atom stereocenters. The Labute approximate surface area is 159 Å². The molecule has 1 saturated heterocycles. The topological polar surface area (TPSA) is 80.5 Å². The lowest BCUT2D eigenvalue weighted by Crippen LogP contribution is -2.31. The normalized spacial score (nSPS) is 16.5. The number of rotatable bonds is 5. The Morgan fingerprint density at radius 2 is 1.70 bits per heavy atom. The molecule has 0 radical (unpaired) electrons. The molecule has 1 aromatic carbocycles. The standard InChI is InChI=1S/C20H24N2O4S/c1-15-19(16(2)26-21-15)11-12-20(23)17-7-9-18(10-8-17)27(24,25)22-13-5-3-4-6-14-22/h7-12H,3-6,13-14H2,1-2H3/b12-11+. The fourth-order valence-corrected chi connectivity index (χ4v) is 4.72. The van der Waals surface area contributed by atoms with Crippen molar-refractivity contribution in [2.45, 2.75) is 44.4 Å². The van der Waals surface area contributed by atoms with E-state index in [2.05, 4.69) is 5.16 Å². The van der Waals surface area contributed by atoms with Gasteiger partial charge in [-0.1, -0.05) is 18.0 Å². The van der Waals surface area contributed by atoms with Crippen LogP contribution in [0.3, 0.4) is 0 Å². The van der Waals surface area contributed by atoms with Gasteiger partial charge in [0, 0.05) is 24.2 Å². The fraction of sp³-hybridized carbons (Fsp3) is 0.400. The monoisotopic (exact) mass is 388 g/mol. The van der Waals surface area contributed by atoms with E-state index in [1.54, 1.807) is 29.4 Å². The second-order valence-electron chi connectivity index (χ2n) is 6.78. The zero-order chi connectivity index (χ0) is 19.4. The van der Waals surface area contributed by atoms with Crippen molar-refractivity contribution in [1.82, 2.24) is 9.46 Å². The van der Waals surface area contributed by atoms with Gasteiger partial charge in [-0.2, -0.15) is 4.31 Å². The van der Waals surface area contributed by atoms with Gasteiger partial charge in [0.1, 0.15) is 5.76 Å². The number of hydrogen-bond donors (Lipinski definition) is 0. The summed E-state index contributed by atoms with van der Waals surface area (Å²) in [6.07, 6.45) is 7.04. The summed E-state index contributed by atoms with van der Waals surface area (Å²) in [5, 5.41) is 3.85. The molecule has 3 rings (SSSR count). The van der Waals surface area contributed by atoms with Crippen LogP contribution in [0.1, 0.15) is 53.1 Å². The molecule has 0 N–H and O–H groups in total. The predicted octanol–water partition coefficient (Wildman–Crippen LogP) is 3.75. The second-order valence-corrected chi connectivity index (χ2v) is 8.72. The highest BCUT2D eigenvalue weighted by Crippen LogP contribution is 2.21. The summed E-state index contributed by atoms with van der Waals surface area (Å²) in [5.41, 5.74) is 1.94. The van der Waals surface area contributed by atoms with Crippen LogP contribution in [-0.4, -0.2) is 36.8 Å². The van der Waals surface area contributed by atoms with Crippen molar-refractivity contribution >= 4 is 21.9 Å². The van der Waals surface area contributed by atoms with Gasteiger partial charge >= 0.3 is 0 Å². The summed E-state index contributed by atoms with van der Waals surface area (Å²) < 4.78 is 32.2. The molecular weight excluding hydrogens is 364 g/mol. The molecule has 2 heterocycles. The second kappa shape index (κ2) is 8.19. The van der Waals surface area contributed by atoms with Gasteiger partial charge in [-0.05, 0) is 63.1 Å². The number of allylic oxidation sites excluding steroid dienone is 1. The van der Waals surface area contributed by atoms with E-state index >= 15 is 0 Å². The number of benzene rings is 1. The van der Waals surface area contributed by atoms with Crippen LogP contribution in [0.2, 0.25) is 0 Å². The maximum Gasteiger partial charge on any atom is 0.243 e. The number of sulfonamides is 1. The third kappa shape index (κ3) is 4.36. The number of ketones is 1. The minimum absolute atomic E-state index is 0.200. The van der Waals surface area contributed by atoms with Crippen LogP contribution >= 0.6 is 0 Å². The zero-order valence-corrected chi connectivity index (χ0v) is 16.5. The van der Waals surface area contributed by atoms with Crippen LogP contribution < -0.4 is 0 Å². The molecular formula is C20H24N2O4S. The van der Waals surface area contributed by atoms with Gasteiger partial charge in [-0.3, -0.25) is 4.79 Å². The van der Waals surface area contributed by atoms with E-state index in [9.17, 15) is 13.2 Å². The van der Waals surface area contributed by atoms with E-state index in [-0.39, 0.29) is 10.7 Å². The molecule has 27 heavy (non-hydrogen) atoms. The molecule has 0 spiro atoms. The molecule has 0 amide bonds. The molecule has 2 aromatic rings. The van der Waals surface area contributed by atoms with Crippen molar-refractivity contribution in [3.63, 3.8) is 0 Å². The minimum Gasteiger partial charge on any atom is -0.361 e. The lowest BCUT2D eigenvalue weighted by molar-refractivity contribution is 0.104. The summed E-state index contributed by atoms with van der Waals surface area (Å²) >= 11 is 0. The zero-order valence-electron chi connectivity index (χ0n) is 15.6. The molecule has 1 aliphatic rings. The van der Waals surface area contributed by atoms with Gasteiger partial charge in [0.05, 0.1) is 10.6 Å². The van der Waals surface area contributed by atoms with Gasteiger partial charge in [0.15, 0.2) is 5.78 Å². The molecule has 0 aliphatic carbocycles. The predicted molar refractivity (Wildman–Crippen MR) is 103 cm³/mol. The van der Waals surface area contributed by atoms with Crippen LogP contribution in [0.25, 0.3) is 6.08 Å². The highest BCUT2D eigenvalue weighted by atomic mass is 32.2. The molecule has 0 unspecified atom stereocenters. The van der Waals surface area contributed by atoms with Crippen LogP contribution in [0.15, 0.2) is 39.8 Å². The van der Waals surface area contributed by atoms with Crippen molar-refractivity contribution in [2.24, 2.45) is 0 Å². The Kier molecular flexibility index (Phi) is 5.92. The average Bonchev–Trinajstić information content (AvgIpc) is 2.86. The maximum absolute atomic E-state index is 12.8. The molecule has 144 valence electrons. The minimum atomic E-state index is -3.50. The molecule has 0 saturated carbocycles. The lowest BCUT2D eigenvalue weighted by Gasteiger charge is -2.19. The average molecular weight is 388 g/mol. The van der Waals surface area contributed by atoms with Gasteiger partial charge in [-0.25, -0.2) is 8.42 Å². The number of aryl methyl sites for hydroxylation is 2. The SMILES string of the molecule is Cc1noc(C)c1/C=C/C(=O)c1ccc(S(=O)(=O)N2CCCCCC2)cc1. The van der Waals surface area contributed by atoms with E-state index in [0.29, 0.717) is 24.4 Å². The highest BCUT2D eigenvalue weighted by molar-refractivity contribution is 7.89. The number of carbonyl (C=O) groups is 1. The van der Waals surface area contributed by atoms with Crippen molar-refractivity contribution in [1.29, 1.82) is 0 Å². The Hall–Kier alpha value is -2.25. The third-order valence-corrected chi connectivity index (χ3v) is 6.74. The van der Waals surface area contributed by atoms with E-state index < -0.39 is 10.0 Å². The van der Waals surface area contributed by atoms with Gasteiger partial charge in [0.25, 0.3) is 0 Å². The summed E-state index contributed by atoms with van der Waals surface area (Å²) in [7, 11) is -3.50. The Balaban J connectivity index is 1.75. The van der Waals surface area contributed by atoms with Crippen molar-refractivity contribution in [3.8, 4) is 0 Å². The third-order valence-electron chi connectivity index (χ3n) is 4.83. The van der Waals surface area contributed by atoms with Crippen molar-refractivity contribution in [2.75, 3.05) is 13.1 Å². The number of aromatic nitrogens is 1. The molecule has 1 fully saturated rings. The molecule has 1 aliphatic heterocycles. The summed E-state index contributed by atoms with van der Waals surface area (Å²) in [6, 6.07) is 6.14. The fourth-order valence-electron chi connectivity index (χ4n) is 3.21. The first-order chi connectivity index (χ1) is 12.9. The van der Waals surface area contributed by atoms with Gasteiger partial charge in [0.2, 0.25) is 10.0 Å². The molecule has 1 aromatic heterocycles. The molecule has 0 bridgehead atoms. The Morgan fingerprint density at radius 3 is 2.26 bits per heavy atom. The maximum atomic E-state index is 12.8. The van der Waals surface area contributed by atoms with E-state index in [1.165, 1.54) is 18.2 Å². The van der Waals surface area contributed by atoms with Crippen molar-refractivity contribution in [3.05, 3.63) is 52.9 Å². The highest BCUT2D eigenvalue weighted by Gasteiger charge is 2.25. The number of nitrogens with zero attached hydrogens (tertiary/aromatic N) is 2. The number of carbonyl (C=O) groups excluding carboxylic acids is 1.